The molecular weight excluding hydrogens is 309 g/mol. The van der Waals surface area contributed by atoms with Gasteiger partial charge in [0.25, 0.3) is 0 Å². The van der Waals surface area contributed by atoms with Crippen LogP contribution >= 0.6 is 23.2 Å². The number of benzene rings is 1. The summed E-state index contributed by atoms with van der Waals surface area (Å²) in [6.07, 6.45) is 6.69. The molecule has 1 aromatic carbocycles. The normalized spacial score (nSPS) is 11.8. The molecule has 0 spiro atoms. The highest BCUT2D eigenvalue weighted by atomic mass is 35.5. The molecular formula is C16H21Cl2NO2. The third kappa shape index (κ3) is 6.87. The lowest BCUT2D eigenvalue weighted by Gasteiger charge is -2.18. The van der Waals surface area contributed by atoms with Crippen molar-refractivity contribution in [2.75, 3.05) is 12.4 Å². The highest BCUT2D eigenvalue weighted by Gasteiger charge is 2.18. The molecule has 0 fully saturated rings. The van der Waals surface area contributed by atoms with Gasteiger partial charge in [0.2, 0.25) is 0 Å². The molecule has 3 nitrogen and oxygen atoms in total. The Morgan fingerprint density at radius 2 is 1.95 bits per heavy atom. The van der Waals surface area contributed by atoms with E-state index >= 15 is 0 Å². The van der Waals surface area contributed by atoms with Crippen molar-refractivity contribution in [2.24, 2.45) is 0 Å². The first-order chi connectivity index (χ1) is 10.1. The number of halogens is 2. The zero-order chi connectivity index (χ0) is 15.7. The van der Waals surface area contributed by atoms with Gasteiger partial charge in [0.15, 0.2) is 0 Å². The van der Waals surface area contributed by atoms with Gasteiger partial charge < -0.3 is 10.1 Å². The number of anilines is 1. The average molecular weight is 330 g/mol. The smallest absolute Gasteiger partial charge is 0.328 e. The summed E-state index contributed by atoms with van der Waals surface area (Å²) in [6.45, 7) is 3.70. The topological polar surface area (TPSA) is 38.3 Å². The molecule has 0 aliphatic carbocycles. The van der Waals surface area contributed by atoms with Crippen LogP contribution < -0.4 is 5.32 Å². The maximum absolute atomic E-state index is 11.8. The summed E-state index contributed by atoms with van der Waals surface area (Å²) in [6, 6.07) is 4.73. The van der Waals surface area contributed by atoms with E-state index in [4.69, 9.17) is 27.9 Å². The minimum Gasteiger partial charge on any atom is -0.467 e. The van der Waals surface area contributed by atoms with Crippen molar-refractivity contribution in [3.8, 4) is 0 Å². The Labute approximate surface area is 136 Å². The molecule has 1 N–H and O–H groups in total. The van der Waals surface area contributed by atoms with Gasteiger partial charge in [-0.15, -0.1) is 6.58 Å². The Kier molecular flexibility index (Phi) is 8.24. The second kappa shape index (κ2) is 9.69. The summed E-state index contributed by atoms with van der Waals surface area (Å²) in [5.41, 5.74) is 0.717. The lowest BCUT2D eigenvalue weighted by Crippen LogP contribution is -2.30. The van der Waals surface area contributed by atoms with Crippen LogP contribution in [-0.4, -0.2) is 19.1 Å². The van der Waals surface area contributed by atoms with Gasteiger partial charge in [-0.25, -0.2) is 4.79 Å². The molecule has 1 aromatic rings. The summed E-state index contributed by atoms with van der Waals surface area (Å²) in [5, 5.41) is 4.19. The molecule has 0 saturated heterocycles. The van der Waals surface area contributed by atoms with E-state index in [-0.39, 0.29) is 5.97 Å². The largest absolute Gasteiger partial charge is 0.467 e. The number of rotatable bonds is 9. The van der Waals surface area contributed by atoms with E-state index in [9.17, 15) is 4.79 Å². The van der Waals surface area contributed by atoms with Crippen LogP contribution in [0.3, 0.4) is 0 Å². The average Bonchev–Trinajstić information content (AvgIpc) is 2.44. The van der Waals surface area contributed by atoms with Gasteiger partial charge in [0.1, 0.15) is 6.04 Å². The number of esters is 1. The van der Waals surface area contributed by atoms with Gasteiger partial charge in [-0.05, 0) is 37.5 Å². The van der Waals surface area contributed by atoms with E-state index < -0.39 is 6.04 Å². The van der Waals surface area contributed by atoms with Gasteiger partial charge >= 0.3 is 5.97 Å². The summed E-state index contributed by atoms with van der Waals surface area (Å²) in [5.74, 6) is -0.283. The van der Waals surface area contributed by atoms with Crippen LogP contribution in [0.4, 0.5) is 5.69 Å². The third-order valence-electron chi connectivity index (χ3n) is 3.09. The number of methoxy groups -OCH3 is 1. The van der Waals surface area contributed by atoms with Crippen LogP contribution in [0.5, 0.6) is 0 Å². The molecule has 0 aliphatic rings. The third-order valence-corrected chi connectivity index (χ3v) is 3.53. The summed E-state index contributed by atoms with van der Waals surface area (Å²) >= 11 is 11.9. The fraction of sp³-hybridized carbons (Fsp3) is 0.438. The van der Waals surface area contributed by atoms with Gasteiger partial charge in [0, 0.05) is 15.7 Å². The molecule has 0 saturated carbocycles. The van der Waals surface area contributed by atoms with Crippen molar-refractivity contribution >= 4 is 34.9 Å². The number of ether oxygens (including phenoxy) is 1. The molecule has 0 heterocycles. The molecule has 0 aliphatic heterocycles. The molecule has 1 rings (SSSR count). The Morgan fingerprint density at radius 1 is 1.29 bits per heavy atom. The highest BCUT2D eigenvalue weighted by molar-refractivity contribution is 6.35. The number of nitrogens with one attached hydrogen (secondary N) is 1. The second-order valence-electron chi connectivity index (χ2n) is 4.80. The Balaban J connectivity index is 2.60. The highest BCUT2D eigenvalue weighted by Crippen LogP contribution is 2.24. The maximum atomic E-state index is 11.8. The van der Waals surface area contributed by atoms with Crippen LogP contribution in [0.15, 0.2) is 30.9 Å². The molecule has 0 amide bonds. The molecule has 1 unspecified atom stereocenters. The van der Waals surface area contributed by atoms with E-state index in [1.54, 1.807) is 18.2 Å². The molecule has 0 bridgehead atoms. The quantitative estimate of drug-likeness (QED) is 0.390. The SMILES string of the molecule is C=CCCCCCC(Nc1cc(Cl)cc(Cl)c1)C(=O)OC. The molecule has 5 heteroatoms. The minimum absolute atomic E-state index is 0.283. The van der Waals surface area contributed by atoms with Crippen LogP contribution in [0.1, 0.15) is 32.1 Å². The zero-order valence-corrected chi connectivity index (χ0v) is 13.7. The summed E-state index contributed by atoms with van der Waals surface area (Å²) in [7, 11) is 1.39. The van der Waals surface area contributed by atoms with Gasteiger partial charge in [-0.1, -0.05) is 42.1 Å². The number of carbonyl (C=O) groups excluding carboxylic acids is 1. The van der Waals surface area contributed by atoms with Crippen molar-refractivity contribution in [1.29, 1.82) is 0 Å². The maximum Gasteiger partial charge on any atom is 0.328 e. The van der Waals surface area contributed by atoms with Crippen LogP contribution in [0, 0.1) is 0 Å². The number of allylic oxidation sites excluding steroid dienone is 1. The van der Waals surface area contributed by atoms with E-state index in [1.165, 1.54) is 7.11 Å². The minimum atomic E-state index is -0.395. The number of hydrogen-bond donors (Lipinski definition) is 1. The fourth-order valence-corrected chi connectivity index (χ4v) is 2.57. The van der Waals surface area contributed by atoms with E-state index in [0.29, 0.717) is 22.2 Å². The predicted octanol–water partition coefficient (Wildman–Crippen LogP) is 5.08. The van der Waals surface area contributed by atoms with Crippen molar-refractivity contribution in [2.45, 2.75) is 38.1 Å². The van der Waals surface area contributed by atoms with Gasteiger partial charge in [-0.3, -0.25) is 0 Å². The molecule has 0 aromatic heterocycles. The molecule has 1 atom stereocenters. The van der Waals surface area contributed by atoms with Gasteiger partial charge in [0.05, 0.1) is 7.11 Å². The van der Waals surface area contributed by atoms with E-state index in [2.05, 4.69) is 11.9 Å². The first-order valence-electron chi connectivity index (χ1n) is 6.98. The lowest BCUT2D eigenvalue weighted by atomic mass is 10.1. The fourth-order valence-electron chi connectivity index (χ4n) is 2.04. The Bertz CT molecular complexity index is 457. The standard InChI is InChI=1S/C16H21Cl2NO2/c1-3-4-5-6-7-8-15(16(20)21-2)19-14-10-12(17)9-13(18)11-14/h3,9-11,15,19H,1,4-8H2,2H3. The van der Waals surface area contributed by atoms with Gasteiger partial charge in [-0.2, -0.15) is 0 Å². The Morgan fingerprint density at radius 3 is 2.52 bits per heavy atom. The number of carbonyl (C=O) groups is 1. The second-order valence-corrected chi connectivity index (χ2v) is 5.68. The van der Waals surface area contributed by atoms with Crippen molar-refractivity contribution in [1.82, 2.24) is 0 Å². The van der Waals surface area contributed by atoms with E-state index in [0.717, 1.165) is 25.7 Å². The van der Waals surface area contributed by atoms with Crippen molar-refractivity contribution < 1.29 is 9.53 Å². The first kappa shape index (κ1) is 17.9. The summed E-state index contributed by atoms with van der Waals surface area (Å²) in [4.78, 5) is 11.8. The molecule has 0 radical (unpaired) electrons. The Hall–Kier alpha value is -1.19. The predicted molar refractivity (Wildman–Crippen MR) is 89.2 cm³/mol. The lowest BCUT2D eigenvalue weighted by molar-refractivity contribution is -0.141. The van der Waals surface area contributed by atoms with Crippen LogP contribution in [0.2, 0.25) is 10.0 Å². The molecule has 116 valence electrons. The first-order valence-corrected chi connectivity index (χ1v) is 7.73. The van der Waals surface area contributed by atoms with E-state index in [1.807, 2.05) is 6.08 Å². The van der Waals surface area contributed by atoms with Crippen LogP contribution in [-0.2, 0) is 9.53 Å². The van der Waals surface area contributed by atoms with Crippen LogP contribution in [0.25, 0.3) is 0 Å². The van der Waals surface area contributed by atoms with Crippen molar-refractivity contribution in [3.63, 3.8) is 0 Å². The number of unbranched alkanes of at least 4 members (excludes halogenated alkanes) is 3. The number of hydrogen-bond acceptors (Lipinski definition) is 3. The monoisotopic (exact) mass is 329 g/mol. The molecule has 21 heavy (non-hydrogen) atoms. The summed E-state index contributed by atoms with van der Waals surface area (Å²) < 4.78 is 4.84. The zero-order valence-electron chi connectivity index (χ0n) is 12.2. The van der Waals surface area contributed by atoms with Crippen molar-refractivity contribution in [3.05, 3.63) is 40.9 Å².